The molecule has 0 aromatic carbocycles. The van der Waals surface area contributed by atoms with Gasteiger partial charge in [0.1, 0.15) is 19.3 Å². The number of esters is 1. The molecule has 2 N–H and O–H groups in total. The lowest BCUT2D eigenvalue weighted by Crippen LogP contribution is -2.47. The lowest BCUT2D eigenvalue weighted by Gasteiger charge is -2.27. The molecule has 0 saturated carbocycles. The standard InChI is InChI=1S/C59H107N2O7P/c1-7-10-13-16-19-22-25-28-29-30-31-34-37-40-43-46-49-52-59(63)68-57(50-47-44-41-38-35-32-26-23-20-17-14-11-8-2)56(55-67-69(64,65)66-54-53-61(4,5)6)60-58(62)51-48-45-42-39-36-33-27-24-21-18-15-12-9-3/h19,22,28-29,31,33-34,36,42,45,47,50,56-57H,7-18,20-21,23-27,30,32,35,37-41,43-44,46,48-49,51-55H2,1-6H3,(H-,60,62,64,65)/p+1/b22-19-,29-28-,34-31-,36-33-,45-42+,50-47+. The van der Waals surface area contributed by atoms with Crippen molar-refractivity contribution in [1.82, 2.24) is 5.32 Å². The molecular formula is C59H108N2O7P+. The summed E-state index contributed by atoms with van der Waals surface area (Å²) in [6.07, 6.45) is 62.0. The van der Waals surface area contributed by atoms with E-state index in [4.69, 9.17) is 13.8 Å². The molecule has 0 aromatic heterocycles. The van der Waals surface area contributed by atoms with E-state index in [9.17, 15) is 19.0 Å². The molecule has 0 fully saturated rings. The monoisotopic (exact) mass is 988 g/mol. The molecule has 10 heteroatoms. The normalized spacial score (nSPS) is 14.4. The first-order valence-electron chi connectivity index (χ1n) is 28.3. The van der Waals surface area contributed by atoms with Gasteiger partial charge in [-0.15, -0.1) is 0 Å². The number of rotatable bonds is 50. The Morgan fingerprint density at radius 3 is 1.38 bits per heavy atom. The molecule has 0 heterocycles. The van der Waals surface area contributed by atoms with Gasteiger partial charge in [0.05, 0.1) is 33.8 Å². The summed E-state index contributed by atoms with van der Waals surface area (Å²) in [5, 5.41) is 3.00. The minimum atomic E-state index is -4.46. The van der Waals surface area contributed by atoms with Gasteiger partial charge in [-0.1, -0.05) is 210 Å². The molecule has 0 aliphatic carbocycles. The first kappa shape index (κ1) is 66.5. The van der Waals surface area contributed by atoms with Crippen LogP contribution in [0.25, 0.3) is 0 Å². The zero-order valence-corrected chi connectivity index (χ0v) is 46.4. The Labute approximate surface area is 425 Å². The largest absolute Gasteiger partial charge is 0.472 e. The second kappa shape index (κ2) is 49.0. The summed E-state index contributed by atoms with van der Waals surface area (Å²) in [6, 6.07) is -0.889. The zero-order chi connectivity index (χ0) is 50.8. The van der Waals surface area contributed by atoms with Gasteiger partial charge in [-0.2, -0.15) is 0 Å². The molecule has 3 atom stereocenters. The minimum absolute atomic E-state index is 0.0249. The third kappa shape index (κ3) is 50.2. The van der Waals surface area contributed by atoms with Crippen LogP contribution in [0.2, 0.25) is 0 Å². The highest BCUT2D eigenvalue weighted by molar-refractivity contribution is 7.47. The average molecular weight is 988 g/mol. The maximum Gasteiger partial charge on any atom is 0.472 e. The molecule has 9 nitrogen and oxygen atoms in total. The Morgan fingerprint density at radius 2 is 0.899 bits per heavy atom. The number of ether oxygens (including phenoxy) is 1. The van der Waals surface area contributed by atoms with E-state index in [0.717, 1.165) is 70.6 Å². The van der Waals surface area contributed by atoms with Gasteiger partial charge in [0.15, 0.2) is 0 Å². The van der Waals surface area contributed by atoms with Crippen LogP contribution in [-0.2, 0) is 27.9 Å². The quantitative estimate of drug-likeness (QED) is 0.0205. The molecular weight excluding hydrogens is 880 g/mol. The van der Waals surface area contributed by atoms with Gasteiger partial charge < -0.3 is 19.4 Å². The maximum absolute atomic E-state index is 13.4. The van der Waals surface area contributed by atoms with E-state index >= 15 is 0 Å². The number of quaternary nitrogens is 1. The van der Waals surface area contributed by atoms with Gasteiger partial charge >= 0.3 is 13.8 Å². The first-order valence-corrected chi connectivity index (χ1v) is 29.8. The number of nitrogens with one attached hydrogen (secondary N) is 1. The summed E-state index contributed by atoms with van der Waals surface area (Å²) in [5.41, 5.74) is 0. The smallest absolute Gasteiger partial charge is 0.456 e. The first-order chi connectivity index (χ1) is 33.4. The second-order valence-corrected chi connectivity index (χ2v) is 21.6. The molecule has 0 radical (unpaired) electrons. The van der Waals surface area contributed by atoms with Gasteiger partial charge in [0, 0.05) is 12.8 Å². The summed E-state index contributed by atoms with van der Waals surface area (Å²) in [5.74, 6) is -0.610. The van der Waals surface area contributed by atoms with Gasteiger partial charge in [0.25, 0.3) is 0 Å². The van der Waals surface area contributed by atoms with Crippen LogP contribution in [0, 0.1) is 0 Å². The number of nitrogens with zero attached hydrogens (tertiary/aromatic N) is 1. The Bertz CT molecular complexity index is 1420. The third-order valence-electron chi connectivity index (χ3n) is 12.1. The highest BCUT2D eigenvalue weighted by Crippen LogP contribution is 2.43. The van der Waals surface area contributed by atoms with Crippen LogP contribution < -0.4 is 5.32 Å². The Hall–Kier alpha value is -2.55. The second-order valence-electron chi connectivity index (χ2n) is 20.1. The SMILES string of the molecule is CCCCC/C=C\C/C=C\C/C=C\CCCCCCC(=O)OC(/C=C/CCCCCCCCCCCCC)C(COP(=O)(O)OCC[N+](C)(C)C)NC(=O)CC/C=C/C/C=C\CCCCCCCC. The van der Waals surface area contributed by atoms with E-state index in [-0.39, 0.29) is 37.9 Å². The van der Waals surface area contributed by atoms with Crippen LogP contribution in [0.3, 0.4) is 0 Å². The fraction of sp³-hybridized carbons (Fsp3) is 0.763. The van der Waals surface area contributed by atoms with Crippen molar-refractivity contribution >= 4 is 19.7 Å². The van der Waals surface area contributed by atoms with E-state index in [0.29, 0.717) is 23.9 Å². The number of hydrogen-bond donors (Lipinski definition) is 2. The number of hydrogen-bond acceptors (Lipinski definition) is 6. The molecule has 0 aromatic rings. The van der Waals surface area contributed by atoms with Crippen LogP contribution in [0.4, 0.5) is 0 Å². The molecule has 1 amide bonds. The predicted molar refractivity (Wildman–Crippen MR) is 295 cm³/mol. The zero-order valence-electron chi connectivity index (χ0n) is 45.5. The van der Waals surface area contributed by atoms with Gasteiger partial charge in [-0.25, -0.2) is 4.57 Å². The topological polar surface area (TPSA) is 111 Å². The number of carbonyl (C=O) groups is 2. The van der Waals surface area contributed by atoms with E-state index < -0.39 is 20.0 Å². The van der Waals surface area contributed by atoms with Crippen molar-refractivity contribution in [2.24, 2.45) is 0 Å². The number of likely N-dealkylation sites (N-methyl/N-ethyl adjacent to an activating group) is 1. The molecule has 0 aliphatic heterocycles. The molecule has 69 heavy (non-hydrogen) atoms. The molecule has 3 unspecified atom stereocenters. The van der Waals surface area contributed by atoms with Crippen LogP contribution in [0.5, 0.6) is 0 Å². The molecule has 0 saturated heterocycles. The lowest BCUT2D eigenvalue weighted by molar-refractivity contribution is -0.870. The van der Waals surface area contributed by atoms with Crippen molar-refractivity contribution in [3.8, 4) is 0 Å². The van der Waals surface area contributed by atoms with Crippen molar-refractivity contribution in [3.05, 3.63) is 72.9 Å². The highest BCUT2D eigenvalue weighted by atomic mass is 31.2. The fourth-order valence-electron chi connectivity index (χ4n) is 7.70. The van der Waals surface area contributed by atoms with Crippen LogP contribution in [0.15, 0.2) is 72.9 Å². The van der Waals surface area contributed by atoms with E-state index in [1.165, 1.54) is 122 Å². The van der Waals surface area contributed by atoms with E-state index in [2.05, 4.69) is 80.8 Å². The Morgan fingerprint density at radius 1 is 0.507 bits per heavy atom. The van der Waals surface area contributed by atoms with Gasteiger partial charge in [-0.05, 0) is 89.5 Å². The molecule has 0 bridgehead atoms. The number of unbranched alkanes of at least 4 members (excludes halogenated alkanes) is 24. The maximum atomic E-state index is 13.4. The Balaban J connectivity index is 5.50. The predicted octanol–water partition coefficient (Wildman–Crippen LogP) is 16.9. The fourth-order valence-corrected chi connectivity index (χ4v) is 8.44. The van der Waals surface area contributed by atoms with Crippen LogP contribution in [0.1, 0.15) is 239 Å². The highest BCUT2D eigenvalue weighted by Gasteiger charge is 2.30. The molecule has 400 valence electrons. The Kier molecular flexibility index (Phi) is 47.2. The molecule has 0 spiro atoms. The van der Waals surface area contributed by atoms with Gasteiger partial charge in [-0.3, -0.25) is 18.6 Å². The number of carbonyl (C=O) groups excluding carboxylic acids is 2. The van der Waals surface area contributed by atoms with E-state index in [1.54, 1.807) is 0 Å². The van der Waals surface area contributed by atoms with Crippen molar-refractivity contribution in [3.63, 3.8) is 0 Å². The van der Waals surface area contributed by atoms with Crippen molar-refractivity contribution < 1.29 is 37.3 Å². The third-order valence-corrected chi connectivity index (χ3v) is 13.1. The summed E-state index contributed by atoms with van der Waals surface area (Å²) in [4.78, 5) is 37.5. The molecule has 0 aliphatic rings. The summed E-state index contributed by atoms with van der Waals surface area (Å²) >= 11 is 0. The van der Waals surface area contributed by atoms with Crippen molar-refractivity contribution in [2.75, 3.05) is 40.9 Å². The number of amides is 1. The summed E-state index contributed by atoms with van der Waals surface area (Å²) < 4.78 is 30.5. The van der Waals surface area contributed by atoms with Crippen molar-refractivity contribution in [2.45, 2.75) is 251 Å². The number of allylic oxidation sites excluding steroid dienone is 11. The van der Waals surface area contributed by atoms with Crippen molar-refractivity contribution in [1.29, 1.82) is 0 Å². The number of phosphoric acid groups is 1. The minimum Gasteiger partial charge on any atom is -0.456 e. The number of phosphoric ester groups is 1. The van der Waals surface area contributed by atoms with Gasteiger partial charge in [0.2, 0.25) is 5.91 Å². The average Bonchev–Trinajstić information content (AvgIpc) is 3.31. The van der Waals surface area contributed by atoms with Crippen LogP contribution >= 0.6 is 7.82 Å². The molecule has 0 rings (SSSR count). The van der Waals surface area contributed by atoms with Crippen LogP contribution in [-0.4, -0.2) is 74.3 Å². The lowest BCUT2D eigenvalue weighted by atomic mass is 10.0. The summed E-state index contributed by atoms with van der Waals surface area (Å²) in [7, 11) is 1.45. The van der Waals surface area contributed by atoms with E-state index in [1.807, 2.05) is 39.4 Å². The summed E-state index contributed by atoms with van der Waals surface area (Å²) in [6.45, 7) is 6.90.